The second kappa shape index (κ2) is 8.80. The number of aliphatic hydroxyl groups is 1. The van der Waals surface area contributed by atoms with E-state index in [2.05, 4.69) is 11.8 Å². The Hall–Kier alpha value is -2.41. The van der Waals surface area contributed by atoms with Gasteiger partial charge in [-0.2, -0.15) is 0 Å². The second-order valence-electron chi connectivity index (χ2n) is 6.92. The third kappa shape index (κ3) is 5.29. The van der Waals surface area contributed by atoms with Crippen molar-refractivity contribution in [2.75, 3.05) is 20.6 Å². The van der Waals surface area contributed by atoms with Crippen molar-refractivity contribution in [3.05, 3.63) is 77.1 Å². The van der Waals surface area contributed by atoms with Crippen molar-refractivity contribution in [1.29, 1.82) is 0 Å². The summed E-state index contributed by atoms with van der Waals surface area (Å²) in [5.74, 6) is 5.80. The summed E-state index contributed by atoms with van der Waals surface area (Å²) in [6, 6.07) is 15.8. The fraction of sp³-hybridized carbons (Fsp3) is 0.304. The minimum Gasteiger partial charge on any atom is -0.373 e. The quantitative estimate of drug-likeness (QED) is 0.816. The lowest BCUT2D eigenvalue weighted by atomic mass is 9.81. The molecule has 0 radical (unpaired) electrons. The van der Waals surface area contributed by atoms with Crippen LogP contribution in [0.3, 0.4) is 0 Å². The van der Waals surface area contributed by atoms with Gasteiger partial charge in [-0.15, -0.1) is 0 Å². The van der Waals surface area contributed by atoms with Crippen molar-refractivity contribution >= 4 is 6.08 Å². The van der Waals surface area contributed by atoms with E-state index in [0.717, 1.165) is 16.7 Å². The molecule has 0 saturated carbocycles. The Morgan fingerprint density at radius 1 is 1.15 bits per heavy atom. The van der Waals surface area contributed by atoms with Gasteiger partial charge in [0.25, 0.3) is 0 Å². The molecule has 2 unspecified atom stereocenters. The van der Waals surface area contributed by atoms with Crippen LogP contribution in [0.2, 0.25) is 0 Å². The number of halogens is 1. The molecule has 0 aliphatic carbocycles. The molecule has 0 heterocycles. The Morgan fingerprint density at radius 3 is 2.35 bits per heavy atom. The van der Waals surface area contributed by atoms with Crippen molar-refractivity contribution in [3.63, 3.8) is 0 Å². The Labute approximate surface area is 156 Å². The zero-order chi connectivity index (χ0) is 19.2. The first-order valence-corrected chi connectivity index (χ1v) is 8.71. The first-order chi connectivity index (χ1) is 12.3. The van der Waals surface area contributed by atoms with Crippen LogP contribution in [0.4, 0.5) is 4.39 Å². The van der Waals surface area contributed by atoms with Crippen molar-refractivity contribution in [2.24, 2.45) is 5.92 Å². The molecule has 0 bridgehead atoms. The lowest BCUT2D eigenvalue weighted by Gasteiger charge is -2.32. The fourth-order valence-corrected chi connectivity index (χ4v) is 2.90. The van der Waals surface area contributed by atoms with E-state index in [1.165, 1.54) is 12.1 Å². The number of benzene rings is 2. The van der Waals surface area contributed by atoms with Crippen LogP contribution in [0.25, 0.3) is 6.08 Å². The second-order valence-corrected chi connectivity index (χ2v) is 6.92. The van der Waals surface area contributed by atoms with Crippen LogP contribution in [0, 0.1) is 23.6 Å². The zero-order valence-corrected chi connectivity index (χ0v) is 15.8. The van der Waals surface area contributed by atoms with Gasteiger partial charge >= 0.3 is 0 Å². The van der Waals surface area contributed by atoms with Gasteiger partial charge in [0, 0.05) is 18.0 Å². The van der Waals surface area contributed by atoms with E-state index in [9.17, 15) is 9.50 Å². The SMILES string of the molecule is CC(=Cc1ccc(F)cc1)C(O)(C#Cc1ccccc1)C(C)CN(C)C. The minimum atomic E-state index is -1.28. The van der Waals surface area contributed by atoms with E-state index in [1.807, 2.05) is 69.3 Å². The van der Waals surface area contributed by atoms with Crippen LogP contribution in [-0.4, -0.2) is 36.2 Å². The number of hydrogen-bond donors (Lipinski definition) is 1. The molecule has 0 amide bonds. The van der Waals surface area contributed by atoms with Crippen LogP contribution in [0.5, 0.6) is 0 Å². The highest BCUT2D eigenvalue weighted by molar-refractivity contribution is 5.57. The molecule has 2 rings (SSSR count). The van der Waals surface area contributed by atoms with Crippen LogP contribution in [0.1, 0.15) is 25.0 Å². The third-order valence-electron chi connectivity index (χ3n) is 4.38. The number of nitrogens with zero attached hydrogens (tertiary/aromatic N) is 1. The average Bonchev–Trinajstić information content (AvgIpc) is 2.61. The molecule has 1 N–H and O–H groups in total. The molecule has 136 valence electrons. The summed E-state index contributed by atoms with van der Waals surface area (Å²) in [5.41, 5.74) is 1.15. The first-order valence-electron chi connectivity index (χ1n) is 8.71. The summed E-state index contributed by atoms with van der Waals surface area (Å²) >= 11 is 0. The van der Waals surface area contributed by atoms with Crippen LogP contribution in [-0.2, 0) is 0 Å². The summed E-state index contributed by atoms with van der Waals surface area (Å²) in [7, 11) is 3.95. The molecular formula is C23H26FNO. The maximum Gasteiger partial charge on any atom is 0.151 e. The van der Waals surface area contributed by atoms with E-state index in [0.29, 0.717) is 6.54 Å². The van der Waals surface area contributed by atoms with Gasteiger partial charge in [-0.25, -0.2) is 4.39 Å². The Balaban J connectivity index is 2.42. The lowest BCUT2D eigenvalue weighted by Crippen LogP contribution is -2.41. The monoisotopic (exact) mass is 351 g/mol. The van der Waals surface area contributed by atoms with Crippen molar-refractivity contribution in [1.82, 2.24) is 4.90 Å². The van der Waals surface area contributed by atoms with Crippen molar-refractivity contribution < 1.29 is 9.50 Å². The van der Waals surface area contributed by atoms with Crippen LogP contribution >= 0.6 is 0 Å². The molecule has 0 aliphatic rings. The Kier molecular flexibility index (Phi) is 6.74. The Bertz CT molecular complexity index is 800. The molecule has 0 fully saturated rings. The lowest BCUT2D eigenvalue weighted by molar-refractivity contribution is 0.0683. The molecule has 26 heavy (non-hydrogen) atoms. The highest BCUT2D eigenvalue weighted by atomic mass is 19.1. The summed E-state index contributed by atoms with van der Waals surface area (Å²) in [6.45, 7) is 4.55. The van der Waals surface area contributed by atoms with E-state index in [1.54, 1.807) is 12.1 Å². The molecule has 2 aromatic rings. The van der Waals surface area contributed by atoms with Gasteiger partial charge in [-0.3, -0.25) is 0 Å². The summed E-state index contributed by atoms with van der Waals surface area (Å²) in [6.07, 6.45) is 1.87. The van der Waals surface area contributed by atoms with E-state index in [4.69, 9.17) is 0 Å². The molecule has 0 aliphatic heterocycles. The average molecular weight is 351 g/mol. The minimum absolute atomic E-state index is 0.106. The van der Waals surface area contributed by atoms with E-state index in [-0.39, 0.29) is 11.7 Å². The topological polar surface area (TPSA) is 23.5 Å². The van der Waals surface area contributed by atoms with Gasteiger partial charge in [-0.1, -0.05) is 55.2 Å². The molecule has 2 aromatic carbocycles. The predicted molar refractivity (Wildman–Crippen MR) is 106 cm³/mol. The normalized spacial score (nSPS) is 15.1. The molecule has 0 aromatic heterocycles. The Morgan fingerprint density at radius 2 is 1.77 bits per heavy atom. The maximum absolute atomic E-state index is 13.1. The van der Waals surface area contributed by atoms with Crippen LogP contribution in [0.15, 0.2) is 60.2 Å². The molecule has 2 nitrogen and oxygen atoms in total. The standard InChI is InChI=1S/C23H26FNO/c1-18(16-21-10-12-22(24)13-11-21)23(26,19(2)17-25(3)4)15-14-20-8-6-5-7-9-20/h5-13,16,19,26H,17H2,1-4H3. The molecule has 0 saturated heterocycles. The molecule has 3 heteroatoms. The summed E-state index contributed by atoms with van der Waals surface area (Å²) < 4.78 is 13.1. The number of hydrogen-bond acceptors (Lipinski definition) is 2. The zero-order valence-electron chi connectivity index (χ0n) is 15.8. The van der Waals surface area contributed by atoms with Gasteiger partial charge in [0.1, 0.15) is 5.82 Å². The van der Waals surface area contributed by atoms with E-state index >= 15 is 0 Å². The molecule has 2 atom stereocenters. The third-order valence-corrected chi connectivity index (χ3v) is 4.38. The predicted octanol–water partition coefficient (Wildman–Crippen LogP) is 4.21. The van der Waals surface area contributed by atoms with Gasteiger partial charge in [0.2, 0.25) is 0 Å². The summed E-state index contributed by atoms with van der Waals surface area (Å²) in [5, 5.41) is 11.4. The molecular weight excluding hydrogens is 325 g/mol. The largest absolute Gasteiger partial charge is 0.373 e. The van der Waals surface area contributed by atoms with Gasteiger partial charge in [0.05, 0.1) is 0 Å². The summed E-state index contributed by atoms with van der Waals surface area (Å²) in [4.78, 5) is 2.03. The van der Waals surface area contributed by atoms with Gasteiger partial charge in [-0.05, 0) is 56.4 Å². The maximum atomic E-state index is 13.1. The highest BCUT2D eigenvalue weighted by Gasteiger charge is 2.34. The van der Waals surface area contributed by atoms with E-state index < -0.39 is 5.60 Å². The number of rotatable bonds is 5. The van der Waals surface area contributed by atoms with Gasteiger partial charge < -0.3 is 10.0 Å². The first kappa shape index (κ1) is 19.9. The van der Waals surface area contributed by atoms with Gasteiger partial charge in [0.15, 0.2) is 5.60 Å². The fourth-order valence-electron chi connectivity index (χ4n) is 2.90. The highest BCUT2D eigenvalue weighted by Crippen LogP contribution is 2.28. The molecule has 0 spiro atoms. The van der Waals surface area contributed by atoms with Crippen molar-refractivity contribution in [2.45, 2.75) is 19.4 Å². The smallest absolute Gasteiger partial charge is 0.151 e. The van der Waals surface area contributed by atoms with Crippen LogP contribution < -0.4 is 0 Å². The van der Waals surface area contributed by atoms with Crippen molar-refractivity contribution in [3.8, 4) is 11.8 Å².